The Morgan fingerprint density at radius 1 is 1.36 bits per heavy atom. The lowest BCUT2D eigenvalue weighted by Crippen LogP contribution is -2.59. The van der Waals surface area contributed by atoms with E-state index in [-0.39, 0.29) is 17.4 Å². The molecule has 1 aliphatic carbocycles. The molecule has 0 saturated heterocycles. The SMILES string of the molecule is CCOCCC(=O)NCC1(NC(=O)c2ccc3[nH]ncc3c2)CCC1. The van der Waals surface area contributed by atoms with Crippen LogP contribution >= 0.6 is 0 Å². The Morgan fingerprint density at radius 3 is 2.92 bits per heavy atom. The quantitative estimate of drug-likeness (QED) is 0.636. The lowest BCUT2D eigenvalue weighted by atomic mass is 9.76. The van der Waals surface area contributed by atoms with Crippen molar-refractivity contribution < 1.29 is 14.3 Å². The number of ether oxygens (including phenoxy) is 1. The van der Waals surface area contributed by atoms with Gasteiger partial charge in [0.05, 0.1) is 23.9 Å². The molecule has 25 heavy (non-hydrogen) atoms. The Labute approximate surface area is 146 Å². The maximum atomic E-state index is 12.6. The van der Waals surface area contributed by atoms with Crippen LogP contribution in [-0.2, 0) is 9.53 Å². The zero-order valence-electron chi connectivity index (χ0n) is 14.4. The number of carbonyl (C=O) groups excluding carboxylic acids is 2. The molecule has 1 saturated carbocycles. The normalized spacial score (nSPS) is 15.6. The number of benzene rings is 1. The second kappa shape index (κ2) is 7.65. The number of hydrogen-bond donors (Lipinski definition) is 3. The van der Waals surface area contributed by atoms with Gasteiger partial charge in [0.25, 0.3) is 5.91 Å². The highest BCUT2D eigenvalue weighted by atomic mass is 16.5. The predicted molar refractivity (Wildman–Crippen MR) is 94.3 cm³/mol. The summed E-state index contributed by atoms with van der Waals surface area (Å²) in [6.45, 7) is 3.38. The van der Waals surface area contributed by atoms with Gasteiger partial charge in [0.15, 0.2) is 0 Å². The lowest BCUT2D eigenvalue weighted by molar-refractivity contribution is -0.122. The molecule has 2 amide bonds. The summed E-state index contributed by atoms with van der Waals surface area (Å²) in [7, 11) is 0. The molecule has 1 heterocycles. The molecule has 0 aliphatic heterocycles. The van der Waals surface area contributed by atoms with Crippen molar-refractivity contribution >= 4 is 22.7 Å². The number of H-pyrrole nitrogens is 1. The fraction of sp³-hybridized carbons (Fsp3) is 0.500. The van der Waals surface area contributed by atoms with E-state index in [0.29, 0.717) is 31.7 Å². The van der Waals surface area contributed by atoms with Gasteiger partial charge in [-0.3, -0.25) is 14.7 Å². The number of aromatic amines is 1. The van der Waals surface area contributed by atoms with E-state index < -0.39 is 0 Å². The summed E-state index contributed by atoms with van der Waals surface area (Å²) < 4.78 is 5.19. The number of aromatic nitrogens is 2. The van der Waals surface area contributed by atoms with Crippen molar-refractivity contribution in [2.45, 2.75) is 38.1 Å². The number of amides is 2. The second-order valence-corrected chi connectivity index (χ2v) is 6.48. The van der Waals surface area contributed by atoms with Crippen LogP contribution in [0.4, 0.5) is 0 Å². The molecule has 2 aromatic rings. The summed E-state index contributed by atoms with van der Waals surface area (Å²) in [5, 5.41) is 13.8. The summed E-state index contributed by atoms with van der Waals surface area (Å²) >= 11 is 0. The van der Waals surface area contributed by atoms with E-state index in [1.54, 1.807) is 12.3 Å². The lowest BCUT2D eigenvalue weighted by Gasteiger charge is -2.42. The summed E-state index contributed by atoms with van der Waals surface area (Å²) in [6, 6.07) is 5.45. The van der Waals surface area contributed by atoms with Crippen LogP contribution in [0.2, 0.25) is 0 Å². The van der Waals surface area contributed by atoms with Gasteiger partial charge in [-0.25, -0.2) is 0 Å². The fourth-order valence-electron chi connectivity index (χ4n) is 3.01. The summed E-state index contributed by atoms with van der Waals surface area (Å²) in [4.78, 5) is 24.5. The van der Waals surface area contributed by atoms with Crippen LogP contribution < -0.4 is 10.6 Å². The third-order valence-electron chi connectivity index (χ3n) is 4.69. The minimum absolute atomic E-state index is 0.0474. The molecular formula is C18H24N4O3. The van der Waals surface area contributed by atoms with Gasteiger partial charge in [-0.2, -0.15) is 5.10 Å². The zero-order chi connectivity index (χ0) is 17.7. The van der Waals surface area contributed by atoms with Gasteiger partial charge < -0.3 is 15.4 Å². The van der Waals surface area contributed by atoms with Crippen molar-refractivity contribution in [3.05, 3.63) is 30.0 Å². The minimum atomic E-state index is -0.344. The molecule has 0 radical (unpaired) electrons. The molecule has 0 atom stereocenters. The van der Waals surface area contributed by atoms with E-state index in [0.717, 1.165) is 30.2 Å². The minimum Gasteiger partial charge on any atom is -0.381 e. The van der Waals surface area contributed by atoms with Gasteiger partial charge in [0, 0.05) is 30.5 Å². The van der Waals surface area contributed by atoms with Gasteiger partial charge in [0.2, 0.25) is 5.91 Å². The molecule has 1 fully saturated rings. The largest absolute Gasteiger partial charge is 0.381 e. The maximum Gasteiger partial charge on any atom is 0.251 e. The molecule has 0 bridgehead atoms. The maximum absolute atomic E-state index is 12.6. The highest BCUT2D eigenvalue weighted by Gasteiger charge is 2.38. The second-order valence-electron chi connectivity index (χ2n) is 6.48. The van der Waals surface area contributed by atoms with E-state index >= 15 is 0 Å². The number of carbonyl (C=O) groups is 2. The molecule has 7 heteroatoms. The Morgan fingerprint density at radius 2 is 2.20 bits per heavy atom. The third kappa shape index (κ3) is 4.17. The molecule has 3 N–H and O–H groups in total. The van der Waals surface area contributed by atoms with E-state index in [1.807, 2.05) is 19.1 Å². The Kier molecular flexibility index (Phi) is 5.33. The van der Waals surface area contributed by atoms with Gasteiger partial charge >= 0.3 is 0 Å². The molecule has 0 spiro atoms. The van der Waals surface area contributed by atoms with Crippen LogP contribution in [0.1, 0.15) is 43.0 Å². The average Bonchev–Trinajstić information content (AvgIpc) is 3.04. The molecule has 1 aliphatic rings. The van der Waals surface area contributed by atoms with Gasteiger partial charge in [-0.15, -0.1) is 0 Å². The van der Waals surface area contributed by atoms with E-state index in [9.17, 15) is 9.59 Å². The first-order valence-electron chi connectivity index (χ1n) is 8.72. The number of nitrogens with one attached hydrogen (secondary N) is 3. The molecule has 3 rings (SSSR count). The fourth-order valence-corrected chi connectivity index (χ4v) is 3.01. The molecule has 134 valence electrons. The Hall–Kier alpha value is -2.41. The highest BCUT2D eigenvalue weighted by Crippen LogP contribution is 2.31. The van der Waals surface area contributed by atoms with Gasteiger partial charge in [-0.1, -0.05) is 0 Å². The van der Waals surface area contributed by atoms with Crippen LogP contribution in [0.25, 0.3) is 10.9 Å². The summed E-state index contributed by atoms with van der Waals surface area (Å²) in [5.41, 5.74) is 1.16. The van der Waals surface area contributed by atoms with Crippen LogP contribution in [0.3, 0.4) is 0 Å². The van der Waals surface area contributed by atoms with Gasteiger partial charge in [0.1, 0.15) is 0 Å². The molecule has 0 unspecified atom stereocenters. The van der Waals surface area contributed by atoms with Crippen molar-refractivity contribution in [1.82, 2.24) is 20.8 Å². The van der Waals surface area contributed by atoms with Crippen molar-refractivity contribution in [3.63, 3.8) is 0 Å². The Bertz CT molecular complexity index is 752. The monoisotopic (exact) mass is 344 g/mol. The van der Waals surface area contributed by atoms with E-state index in [1.165, 1.54) is 0 Å². The first-order valence-corrected chi connectivity index (χ1v) is 8.72. The van der Waals surface area contributed by atoms with Crippen LogP contribution in [0.15, 0.2) is 24.4 Å². The van der Waals surface area contributed by atoms with Crippen molar-refractivity contribution in [2.24, 2.45) is 0 Å². The Balaban J connectivity index is 1.57. The number of hydrogen-bond acceptors (Lipinski definition) is 4. The molecular weight excluding hydrogens is 320 g/mol. The number of rotatable bonds is 8. The summed E-state index contributed by atoms with van der Waals surface area (Å²) in [5.74, 6) is -0.167. The van der Waals surface area contributed by atoms with Crippen molar-refractivity contribution in [2.75, 3.05) is 19.8 Å². The topological polar surface area (TPSA) is 96.1 Å². The van der Waals surface area contributed by atoms with Crippen LogP contribution in [0, 0.1) is 0 Å². The average molecular weight is 344 g/mol. The third-order valence-corrected chi connectivity index (χ3v) is 4.69. The molecule has 7 nitrogen and oxygen atoms in total. The van der Waals surface area contributed by atoms with Crippen molar-refractivity contribution in [1.29, 1.82) is 0 Å². The molecule has 1 aromatic heterocycles. The van der Waals surface area contributed by atoms with Crippen LogP contribution in [-0.4, -0.2) is 47.3 Å². The van der Waals surface area contributed by atoms with E-state index in [2.05, 4.69) is 20.8 Å². The van der Waals surface area contributed by atoms with Gasteiger partial charge in [-0.05, 0) is 44.4 Å². The van der Waals surface area contributed by atoms with E-state index in [4.69, 9.17) is 4.74 Å². The zero-order valence-corrected chi connectivity index (χ0v) is 14.4. The first-order chi connectivity index (χ1) is 12.1. The van der Waals surface area contributed by atoms with Crippen molar-refractivity contribution in [3.8, 4) is 0 Å². The standard InChI is InChI=1S/C18H24N4O3/c1-2-25-9-6-16(23)19-12-18(7-3-8-18)21-17(24)13-4-5-15-14(10-13)11-20-22-15/h4-5,10-11H,2-3,6-9,12H2,1H3,(H,19,23)(H,20,22)(H,21,24). The number of nitrogens with zero attached hydrogens (tertiary/aromatic N) is 1. The highest BCUT2D eigenvalue weighted by molar-refractivity contribution is 5.98. The summed E-state index contributed by atoms with van der Waals surface area (Å²) in [6.07, 6.45) is 4.84. The molecule has 1 aromatic carbocycles. The van der Waals surface area contributed by atoms with Crippen LogP contribution in [0.5, 0.6) is 0 Å². The smallest absolute Gasteiger partial charge is 0.251 e. The predicted octanol–water partition coefficient (Wildman–Crippen LogP) is 1.76. The first kappa shape index (κ1) is 17.4. The number of fused-ring (bicyclic) bond motifs is 1.